The normalized spacial score (nSPS) is 32.3. The highest BCUT2D eigenvalue weighted by Gasteiger charge is 2.48. The van der Waals surface area contributed by atoms with E-state index in [9.17, 15) is 9.18 Å². The molecule has 4 nitrogen and oxygen atoms in total. The minimum Gasteiger partial charge on any atom is -0.369 e. The number of hydrogen-bond acceptors (Lipinski definition) is 4. The molecular weight excluding hydrogens is 409 g/mol. The van der Waals surface area contributed by atoms with Gasteiger partial charge in [0.25, 0.3) is 0 Å². The van der Waals surface area contributed by atoms with E-state index in [1.54, 1.807) is 19.1 Å². The number of carbonyl (C=O) groups excluding carboxylic acids is 1. The van der Waals surface area contributed by atoms with E-state index in [0.717, 1.165) is 32.4 Å². The van der Waals surface area contributed by atoms with E-state index in [4.69, 9.17) is 5.73 Å². The van der Waals surface area contributed by atoms with Gasteiger partial charge < -0.3 is 11.1 Å². The van der Waals surface area contributed by atoms with Crippen molar-refractivity contribution in [2.24, 2.45) is 28.9 Å². The largest absolute Gasteiger partial charge is 0.369 e. The zero-order valence-electron chi connectivity index (χ0n) is 20.2. The van der Waals surface area contributed by atoms with Crippen molar-refractivity contribution >= 4 is 17.9 Å². The molecule has 1 amide bonds. The standard InChI is InChI=1S/C25H42FN3OS/c1-8-11-21(20(26)9-2)31-29(10-3)24(5,6)16-28-22-17(4)12-18-13-19(22)15-25(7,14-18)23(27)30/h8-9,11,17-19,22,28H,1,10,12-16H2,2-7H3,(H2,27,30)/b20-9+,21-11+. The Morgan fingerprint density at radius 3 is 2.61 bits per heavy atom. The van der Waals surface area contributed by atoms with Crippen LogP contribution in [0.25, 0.3) is 0 Å². The van der Waals surface area contributed by atoms with Crippen LogP contribution >= 0.6 is 11.9 Å². The van der Waals surface area contributed by atoms with Gasteiger partial charge in [0, 0.05) is 30.1 Å². The molecule has 2 saturated carbocycles. The van der Waals surface area contributed by atoms with Crippen molar-refractivity contribution in [1.29, 1.82) is 0 Å². The molecule has 0 aromatic rings. The lowest BCUT2D eigenvalue weighted by Crippen LogP contribution is -2.57. The Morgan fingerprint density at radius 1 is 1.39 bits per heavy atom. The van der Waals surface area contributed by atoms with Crippen LogP contribution in [0.2, 0.25) is 0 Å². The predicted molar refractivity (Wildman–Crippen MR) is 131 cm³/mol. The summed E-state index contributed by atoms with van der Waals surface area (Å²) in [5, 5.41) is 3.85. The Balaban J connectivity index is 2.10. The van der Waals surface area contributed by atoms with Crippen LogP contribution in [0.4, 0.5) is 4.39 Å². The molecule has 2 rings (SSSR count). The summed E-state index contributed by atoms with van der Waals surface area (Å²) in [6.07, 6.45) is 8.95. The maximum absolute atomic E-state index is 14.3. The third-order valence-corrected chi connectivity index (χ3v) is 8.71. The van der Waals surface area contributed by atoms with Crippen molar-refractivity contribution < 1.29 is 9.18 Å². The summed E-state index contributed by atoms with van der Waals surface area (Å²) in [7, 11) is 0. The molecule has 2 fully saturated rings. The number of likely N-dealkylation sites (N-methyl/N-ethyl adjacent to an activating group) is 1. The van der Waals surface area contributed by atoms with Gasteiger partial charge in [-0.25, -0.2) is 8.70 Å². The van der Waals surface area contributed by atoms with Gasteiger partial charge >= 0.3 is 0 Å². The van der Waals surface area contributed by atoms with Gasteiger partial charge in [0.15, 0.2) is 0 Å². The Morgan fingerprint density at radius 2 is 2.06 bits per heavy atom. The van der Waals surface area contributed by atoms with E-state index in [1.165, 1.54) is 24.4 Å². The lowest BCUT2D eigenvalue weighted by molar-refractivity contribution is -0.132. The maximum atomic E-state index is 14.3. The van der Waals surface area contributed by atoms with Crippen LogP contribution in [0, 0.1) is 23.2 Å². The number of fused-ring (bicyclic) bond motifs is 2. The number of carbonyl (C=O) groups is 1. The number of halogens is 1. The third-order valence-electron chi connectivity index (χ3n) is 7.21. The van der Waals surface area contributed by atoms with E-state index < -0.39 is 0 Å². The molecule has 0 saturated heterocycles. The molecule has 2 bridgehead atoms. The van der Waals surface area contributed by atoms with Crippen molar-refractivity contribution in [3.05, 3.63) is 35.5 Å². The molecule has 176 valence electrons. The number of nitrogens with two attached hydrogens (primary N) is 1. The summed E-state index contributed by atoms with van der Waals surface area (Å²) in [5.41, 5.74) is 5.20. The fourth-order valence-electron chi connectivity index (χ4n) is 5.65. The molecule has 0 aromatic heterocycles. The van der Waals surface area contributed by atoms with Crippen LogP contribution in [0.15, 0.2) is 35.5 Å². The maximum Gasteiger partial charge on any atom is 0.223 e. The fourth-order valence-corrected chi connectivity index (χ4v) is 6.69. The van der Waals surface area contributed by atoms with Crippen molar-refractivity contribution in [2.45, 2.75) is 78.8 Å². The van der Waals surface area contributed by atoms with Gasteiger partial charge in [0.2, 0.25) is 5.91 Å². The molecule has 0 radical (unpaired) electrons. The summed E-state index contributed by atoms with van der Waals surface area (Å²) in [6, 6.07) is 0.369. The van der Waals surface area contributed by atoms with Crippen molar-refractivity contribution in [3.8, 4) is 0 Å². The summed E-state index contributed by atoms with van der Waals surface area (Å²) in [5.74, 6) is 1.24. The first-order chi connectivity index (χ1) is 14.5. The van der Waals surface area contributed by atoms with Gasteiger partial charge in [-0.1, -0.05) is 39.5 Å². The second kappa shape index (κ2) is 10.7. The lowest BCUT2D eigenvalue weighted by Gasteiger charge is -2.51. The lowest BCUT2D eigenvalue weighted by atomic mass is 9.57. The Bertz CT molecular complexity index is 718. The second-order valence-electron chi connectivity index (χ2n) is 10.3. The number of nitrogens with zero attached hydrogens (tertiary/aromatic N) is 1. The minimum atomic E-state index is -0.386. The molecule has 0 aromatic carbocycles. The van der Waals surface area contributed by atoms with Gasteiger partial charge in [0.1, 0.15) is 5.83 Å². The topological polar surface area (TPSA) is 58.4 Å². The predicted octanol–water partition coefficient (Wildman–Crippen LogP) is 5.58. The molecular formula is C25H42FN3OS. The van der Waals surface area contributed by atoms with Crippen LogP contribution in [0.5, 0.6) is 0 Å². The van der Waals surface area contributed by atoms with E-state index in [2.05, 4.69) is 43.9 Å². The highest BCUT2D eigenvalue weighted by atomic mass is 32.2. The summed E-state index contributed by atoms with van der Waals surface area (Å²) in [4.78, 5) is 12.7. The number of nitrogens with one attached hydrogen (secondary N) is 1. The summed E-state index contributed by atoms with van der Waals surface area (Å²) >= 11 is 1.44. The quantitative estimate of drug-likeness (QED) is 0.336. The SMILES string of the molecule is C=C/C=C(SN(CC)C(C)(C)CNC1C(C)CC2CC1CC(C)(C(N)=O)C2)\C(F)=C/C. The zero-order valence-corrected chi connectivity index (χ0v) is 21.0. The van der Waals surface area contributed by atoms with Crippen LogP contribution < -0.4 is 11.1 Å². The highest BCUT2D eigenvalue weighted by Crippen LogP contribution is 2.50. The van der Waals surface area contributed by atoms with Gasteiger partial charge in [0.05, 0.1) is 4.91 Å². The summed E-state index contributed by atoms with van der Waals surface area (Å²) in [6.45, 7) is 17.9. The Kier molecular flexibility index (Phi) is 9.00. The van der Waals surface area contributed by atoms with Gasteiger partial charge in [-0.15, -0.1) is 0 Å². The van der Waals surface area contributed by atoms with Gasteiger partial charge in [-0.05, 0) is 82.2 Å². The molecule has 6 heteroatoms. The molecule has 5 unspecified atom stereocenters. The number of hydrogen-bond donors (Lipinski definition) is 2. The Labute approximate surface area is 193 Å². The second-order valence-corrected chi connectivity index (χ2v) is 11.4. The molecule has 0 spiro atoms. The smallest absolute Gasteiger partial charge is 0.223 e. The number of allylic oxidation sites excluding steroid dienone is 4. The van der Waals surface area contributed by atoms with Crippen molar-refractivity contribution in [1.82, 2.24) is 9.62 Å². The number of rotatable bonds is 10. The van der Waals surface area contributed by atoms with Crippen LogP contribution in [-0.4, -0.2) is 34.9 Å². The van der Waals surface area contributed by atoms with Gasteiger partial charge in [-0.3, -0.25) is 4.79 Å². The molecule has 0 heterocycles. The molecule has 5 atom stereocenters. The first-order valence-corrected chi connectivity index (χ1v) is 12.4. The van der Waals surface area contributed by atoms with E-state index in [-0.39, 0.29) is 22.7 Å². The molecule has 3 N–H and O–H groups in total. The average Bonchev–Trinajstić information content (AvgIpc) is 2.69. The van der Waals surface area contributed by atoms with E-state index in [1.807, 2.05) is 6.92 Å². The third kappa shape index (κ3) is 6.23. The van der Waals surface area contributed by atoms with E-state index >= 15 is 0 Å². The number of amides is 1. The van der Waals surface area contributed by atoms with Crippen molar-refractivity contribution in [3.63, 3.8) is 0 Å². The van der Waals surface area contributed by atoms with Crippen molar-refractivity contribution in [2.75, 3.05) is 13.1 Å². The first kappa shape index (κ1) is 26.1. The number of primary amides is 1. The van der Waals surface area contributed by atoms with Crippen LogP contribution in [-0.2, 0) is 4.79 Å². The zero-order chi connectivity index (χ0) is 23.4. The Hall–Kier alpha value is -1.11. The fraction of sp³-hybridized carbons (Fsp3) is 0.720. The molecule has 31 heavy (non-hydrogen) atoms. The molecule has 0 aliphatic heterocycles. The molecule has 2 aliphatic rings. The minimum absolute atomic E-state index is 0.156. The average molecular weight is 452 g/mol. The van der Waals surface area contributed by atoms with Crippen LogP contribution in [0.3, 0.4) is 0 Å². The summed E-state index contributed by atoms with van der Waals surface area (Å²) < 4.78 is 16.5. The molecule has 2 aliphatic carbocycles. The first-order valence-electron chi connectivity index (χ1n) is 11.6. The van der Waals surface area contributed by atoms with Crippen LogP contribution in [0.1, 0.15) is 67.2 Å². The monoisotopic (exact) mass is 451 g/mol. The highest BCUT2D eigenvalue weighted by molar-refractivity contribution is 8.01. The van der Waals surface area contributed by atoms with E-state index in [0.29, 0.717) is 28.7 Å². The van der Waals surface area contributed by atoms with Gasteiger partial charge in [-0.2, -0.15) is 0 Å².